The van der Waals surface area contributed by atoms with Gasteiger partial charge in [0.1, 0.15) is 23.5 Å². The molecule has 0 amide bonds. The Bertz CT molecular complexity index is 700. The summed E-state index contributed by atoms with van der Waals surface area (Å²) in [6.07, 6.45) is 1.56. The summed E-state index contributed by atoms with van der Waals surface area (Å²) >= 11 is 0. The molecule has 2 aromatic rings. The van der Waals surface area contributed by atoms with Gasteiger partial charge >= 0.3 is 0 Å². The molecule has 0 bridgehead atoms. The van der Waals surface area contributed by atoms with Crippen LogP contribution in [0.15, 0.2) is 54.1 Å². The molecule has 2 aromatic carbocycles. The van der Waals surface area contributed by atoms with Gasteiger partial charge in [0.05, 0.1) is 7.11 Å². The highest BCUT2D eigenvalue weighted by Gasteiger charge is 2.00. The molecule has 0 fully saturated rings. The summed E-state index contributed by atoms with van der Waals surface area (Å²) in [7, 11) is 1.64. The monoisotopic (exact) mass is 260 g/mol. The number of ether oxygens (including phenoxy) is 1. The van der Waals surface area contributed by atoms with Gasteiger partial charge in [-0.05, 0) is 34.9 Å². The van der Waals surface area contributed by atoms with E-state index < -0.39 is 0 Å². The molecule has 3 nitrogen and oxygen atoms in total. The molecule has 0 saturated heterocycles. The van der Waals surface area contributed by atoms with Crippen molar-refractivity contribution < 1.29 is 4.74 Å². The summed E-state index contributed by atoms with van der Waals surface area (Å²) in [4.78, 5) is 0. The molecule has 0 radical (unpaired) electrons. The van der Waals surface area contributed by atoms with Crippen molar-refractivity contribution in [1.29, 1.82) is 10.5 Å². The third-order valence-corrected chi connectivity index (χ3v) is 2.87. The molecule has 0 N–H and O–H groups in total. The smallest absolute Gasteiger partial charge is 0.130 e. The molecule has 0 aliphatic rings. The van der Waals surface area contributed by atoms with Crippen molar-refractivity contribution in [2.45, 2.75) is 0 Å². The third kappa shape index (κ3) is 3.04. The van der Waals surface area contributed by atoms with Crippen molar-refractivity contribution in [1.82, 2.24) is 0 Å². The van der Waals surface area contributed by atoms with Crippen molar-refractivity contribution in [3.8, 4) is 29.0 Å². The van der Waals surface area contributed by atoms with E-state index in [9.17, 15) is 0 Å². The van der Waals surface area contributed by atoms with Gasteiger partial charge in [-0.15, -0.1) is 0 Å². The largest absolute Gasteiger partial charge is 0.497 e. The Balaban J connectivity index is 2.31. The number of hydrogen-bond acceptors (Lipinski definition) is 3. The lowest BCUT2D eigenvalue weighted by atomic mass is 10.0. The van der Waals surface area contributed by atoms with Gasteiger partial charge < -0.3 is 4.74 Å². The molecule has 0 spiro atoms. The number of rotatable bonds is 3. The molecule has 3 heteroatoms. The fourth-order valence-electron chi connectivity index (χ4n) is 1.83. The summed E-state index contributed by atoms with van der Waals surface area (Å²) in [5, 5.41) is 17.4. The van der Waals surface area contributed by atoms with Gasteiger partial charge in [0.25, 0.3) is 0 Å². The first-order valence-electron chi connectivity index (χ1n) is 6.03. The zero-order chi connectivity index (χ0) is 14.4. The first kappa shape index (κ1) is 13.4. The zero-order valence-corrected chi connectivity index (χ0v) is 11.0. The predicted octanol–water partition coefficient (Wildman–Crippen LogP) is 3.79. The minimum atomic E-state index is 0.0964. The van der Waals surface area contributed by atoms with E-state index in [2.05, 4.69) is 0 Å². The van der Waals surface area contributed by atoms with Crippen LogP contribution in [0.2, 0.25) is 0 Å². The Hall–Kier alpha value is -3.04. The van der Waals surface area contributed by atoms with Crippen molar-refractivity contribution in [3.05, 3.63) is 59.7 Å². The van der Waals surface area contributed by atoms with Gasteiger partial charge in [0.2, 0.25) is 0 Å². The lowest BCUT2D eigenvalue weighted by Gasteiger charge is -2.05. The standard InChI is InChI=1S/C17H12N2O/c1-20-17-4-2-3-16(10-17)15-7-5-13(6-8-15)9-14(11-18)12-19/h2-10H,1H3. The van der Waals surface area contributed by atoms with Crippen molar-refractivity contribution in [2.24, 2.45) is 0 Å². The van der Waals surface area contributed by atoms with Crippen LogP contribution >= 0.6 is 0 Å². The average molecular weight is 260 g/mol. The van der Waals surface area contributed by atoms with Crippen molar-refractivity contribution in [3.63, 3.8) is 0 Å². The highest BCUT2D eigenvalue weighted by molar-refractivity contribution is 5.69. The Morgan fingerprint density at radius 2 is 1.70 bits per heavy atom. The maximum absolute atomic E-state index is 8.72. The quantitative estimate of drug-likeness (QED) is 0.789. The number of methoxy groups -OCH3 is 1. The Morgan fingerprint density at radius 3 is 2.30 bits per heavy atom. The minimum Gasteiger partial charge on any atom is -0.497 e. The number of allylic oxidation sites excluding steroid dienone is 1. The van der Waals surface area contributed by atoms with Crippen LogP contribution in [-0.2, 0) is 0 Å². The lowest BCUT2D eigenvalue weighted by Crippen LogP contribution is -1.84. The van der Waals surface area contributed by atoms with Crippen molar-refractivity contribution in [2.75, 3.05) is 7.11 Å². The lowest BCUT2D eigenvalue weighted by molar-refractivity contribution is 0.415. The summed E-state index contributed by atoms with van der Waals surface area (Å²) < 4.78 is 5.20. The van der Waals surface area contributed by atoms with E-state index in [0.29, 0.717) is 0 Å². The van der Waals surface area contributed by atoms with Crippen LogP contribution in [0.4, 0.5) is 0 Å². The highest BCUT2D eigenvalue weighted by Crippen LogP contribution is 2.24. The normalized spacial score (nSPS) is 9.15. The third-order valence-electron chi connectivity index (χ3n) is 2.87. The summed E-state index contributed by atoms with van der Waals surface area (Å²) in [6.45, 7) is 0. The van der Waals surface area contributed by atoms with Crippen LogP contribution in [0.5, 0.6) is 5.75 Å². The van der Waals surface area contributed by atoms with Crippen molar-refractivity contribution >= 4 is 6.08 Å². The predicted molar refractivity (Wildman–Crippen MR) is 77.6 cm³/mol. The molecule has 0 saturated carbocycles. The minimum absolute atomic E-state index is 0.0964. The fraction of sp³-hybridized carbons (Fsp3) is 0.0588. The molecule has 0 atom stereocenters. The number of hydrogen-bond donors (Lipinski definition) is 0. The summed E-state index contributed by atoms with van der Waals surface area (Å²) in [5.74, 6) is 0.808. The molecule has 0 aliphatic carbocycles. The maximum Gasteiger partial charge on any atom is 0.130 e. The zero-order valence-electron chi connectivity index (χ0n) is 11.0. The second kappa shape index (κ2) is 6.22. The van der Waals surface area contributed by atoms with Gasteiger partial charge in [0, 0.05) is 0 Å². The van der Waals surface area contributed by atoms with E-state index in [4.69, 9.17) is 15.3 Å². The Morgan fingerprint density at radius 1 is 1.00 bits per heavy atom. The molecule has 0 heterocycles. The van der Waals surface area contributed by atoms with Gasteiger partial charge in [-0.1, -0.05) is 36.4 Å². The van der Waals surface area contributed by atoms with E-state index in [-0.39, 0.29) is 5.57 Å². The van der Waals surface area contributed by atoms with Gasteiger partial charge in [-0.3, -0.25) is 0 Å². The van der Waals surface area contributed by atoms with Crippen LogP contribution < -0.4 is 4.74 Å². The van der Waals surface area contributed by atoms with Gasteiger partial charge in [0.15, 0.2) is 0 Å². The Labute approximate surface area is 118 Å². The average Bonchev–Trinajstić information content (AvgIpc) is 2.53. The Kier molecular flexibility index (Phi) is 4.17. The second-order valence-corrected chi connectivity index (χ2v) is 4.14. The van der Waals surface area contributed by atoms with Crippen LogP contribution in [0.25, 0.3) is 17.2 Å². The van der Waals surface area contributed by atoms with Crippen LogP contribution in [0.1, 0.15) is 5.56 Å². The van der Waals surface area contributed by atoms with E-state index in [0.717, 1.165) is 22.4 Å². The SMILES string of the molecule is COc1cccc(-c2ccc(C=C(C#N)C#N)cc2)c1. The van der Waals surface area contributed by atoms with Crippen LogP contribution in [-0.4, -0.2) is 7.11 Å². The highest BCUT2D eigenvalue weighted by atomic mass is 16.5. The molecular formula is C17H12N2O. The molecule has 20 heavy (non-hydrogen) atoms. The molecule has 0 unspecified atom stereocenters. The van der Waals surface area contributed by atoms with Gasteiger partial charge in [-0.25, -0.2) is 0 Å². The van der Waals surface area contributed by atoms with Gasteiger partial charge in [-0.2, -0.15) is 10.5 Å². The molecule has 2 rings (SSSR count). The molecule has 0 aliphatic heterocycles. The molecule has 0 aromatic heterocycles. The first-order chi connectivity index (χ1) is 9.76. The first-order valence-corrected chi connectivity index (χ1v) is 6.03. The topological polar surface area (TPSA) is 56.8 Å². The van der Waals surface area contributed by atoms with E-state index >= 15 is 0 Å². The fourth-order valence-corrected chi connectivity index (χ4v) is 1.83. The molecular weight excluding hydrogens is 248 g/mol. The molecule has 96 valence electrons. The number of nitrogens with zero attached hydrogens (tertiary/aromatic N) is 2. The van der Waals surface area contributed by atoms with E-state index in [1.165, 1.54) is 0 Å². The van der Waals surface area contributed by atoms with Crippen LogP contribution in [0, 0.1) is 22.7 Å². The maximum atomic E-state index is 8.72. The van der Waals surface area contributed by atoms with Crippen LogP contribution in [0.3, 0.4) is 0 Å². The number of nitriles is 2. The summed E-state index contributed by atoms with van der Waals surface area (Å²) in [6, 6.07) is 19.1. The van der Waals surface area contributed by atoms with E-state index in [1.54, 1.807) is 13.2 Å². The second-order valence-electron chi connectivity index (χ2n) is 4.14. The summed E-state index contributed by atoms with van der Waals surface area (Å²) in [5.41, 5.74) is 3.03. The number of benzene rings is 2. The van der Waals surface area contributed by atoms with E-state index in [1.807, 2.05) is 60.7 Å².